The second-order valence-corrected chi connectivity index (χ2v) is 10.5. The molecule has 0 unspecified atom stereocenters. The van der Waals surface area contributed by atoms with E-state index in [0.717, 1.165) is 48.2 Å². The van der Waals surface area contributed by atoms with Gasteiger partial charge in [0.25, 0.3) is 5.91 Å². The number of ether oxygens (including phenoxy) is 2. The predicted molar refractivity (Wildman–Crippen MR) is 150 cm³/mol. The lowest BCUT2D eigenvalue weighted by Gasteiger charge is -2.43. The van der Waals surface area contributed by atoms with Crippen LogP contribution in [0.3, 0.4) is 0 Å². The number of benzene rings is 2. The number of ketones is 2. The Morgan fingerprint density at radius 3 is 2.26 bits per heavy atom. The minimum absolute atomic E-state index is 0.0768. The molecule has 0 bridgehead atoms. The Hall–Kier alpha value is -3.58. The molecule has 2 aromatic rings. The maximum Gasteiger partial charge on any atom is 0.262 e. The van der Waals surface area contributed by atoms with Crippen LogP contribution in [0.5, 0.6) is 11.5 Å². The highest BCUT2D eigenvalue weighted by Gasteiger charge is 2.43. The number of carbonyl (C=O) groups is 3. The van der Waals surface area contributed by atoms with Crippen molar-refractivity contribution in [2.75, 3.05) is 25.6 Å². The zero-order chi connectivity index (χ0) is 27.7. The lowest BCUT2D eigenvalue weighted by Crippen LogP contribution is -2.39. The number of para-hydroxylation sites is 1. The number of rotatable bonds is 7. The summed E-state index contributed by atoms with van der Waals surface area (Å²) < 4.78 is 11.5. The minimum atomic E-state index is -0.497. The maximum atomic E-state index is 13.4. The molecular weight excluding hydrogens is 516 g/mol. The van der Waals surface area contributed by atoms with Gasteiger partial charge in [-0.3, -0.25) is 14.4 Å². The summed E-state index contributed by atoms with van der Waals surface area (Å²) in [6.07, 6.45) is 4.14. The first-order valence-corrected chi connectivity index (χ1v) is 13.9. The fraction of sp³-hybridized carbons (Fsp3) is 0.387. The smallest absolute Gasteiger partial charge is 0.262 e. The SMILES string of the molecule is CCN1C2=C(C(=O)CCC2)C(c2cc(Cl)c(OCC(=O)Nc3ccccc3C)c(OC)c2)C2=C1CCCC2=O. The van der Waals surface area contributed by atoms with E-state index in [1.54, 1.807) is 12.1 Å². The Balaban J connectivity index is 1.50. The van der Waals surface area contributed by atoms with Gasteiger partial charge in [-0.15, -0.1) is 0 Å². The van der Waals surface area contributed by atoms with E-state index in [-0.39, 0.29) is 34.9 Å². The van der Waals surface area contributed by atoms with Gasteiger partial charge in [-0.25, -0.2) is 0 Å². The van der Waals surface area contributed by atoms with Gasteiger partial charge < -0.3 is 19.7 Å². The Morgan fingerprint density at radius 2 is 1.67 bits per heavy atom. The van der Waals surface area contributed by atoms with Crippen LogP contribution in [0.15, 0.2) is 58.9 Å². The third-order valence-electron chi connectivity index (χ3n) is 7.75. The van der Waals surface area contributed by atoms with Crippen molar-refractivity contribution in [3.05, 3.63) is 75.1 Å². The maximum absolute atomic E-state index is 13.4. The van der Waals surface area contributed by atoms with E-state index in [1.165, 1.54) is 7.11 Å². The van der Waals surface area contributed by atoms with Gasteiger partial charge >= 0.3 is 0 Å². The molecule has 0 saturated carbocycles. The Bertz CT molecular complexity index is 1370. The number of methoxy groups -OCH3 is 1. The first-order chi connectivity index (χ1) is 18.8. The molecule has 5 rings (SSSR count). The molecule has 0 fully saturated rings. The monoisotopic (exact) mass is 548 g/mol. The average Bonchev–Trinajstić information content (AvgIpc) is 2.92. The molecule has 1 N–H and O–H groups in total. The molecule has 39 heavy (non-hydrogen) atoms. The van der Waals surface area contributed by atoms with Crippen molar-refractivity contribution in [1.29, 1.82) is 0 Å². The van der Waals surface area contributed by atoms with Gasteiger partial charge in [0.1, 0.15) is 0 Å². The molecule has 0 radical (unpaired) electrons. The molecule has 0 atom stereocenters. The number of hydrogen-bond donors (Lipinski definition) is 1. The zero-order valence-corrected chi connectivity index (χ0v) is 23.3. The zero-order valence-electron chi connectivity index (χ0n) is 22.6. The van der Waals surface area contributed by atoms with Crippen LogP contribution in [0, 0.1) is 6.92 Å². The fourth-order valence-corrected chi connectivity index (χ4v) is 6.29. The summed E-state index contributed by atoms with van der Waals surface area (Å²) in [4.78, 5) is 41.5. The van der Waals surface area contributed by atoms with Gasteiger partial charge in [0, 0.05) is 53.5 Å². The van der Waals surface area contributed by atoms with Crippen LogP contribution in [0.4, 0.5) is 5.69 Å². The normalized spacial score (nSPS) is 17.7. The number of halogens is 1. The molecular formula is C31H33ClN2O5. The number of aryl methyl sites for hydroxylation is 1. The summed E-state index contributed by atoms with van der Waals surface area (Å²) in [5.74, 6) is -0.0928. The second-order valence-electron chi connectivity index (χ2n) is 10.1. The number of Topliss-reactive ketones (excluding diaryl/α,β-unsaturated/α-hetero) is 2. The van der Waals surface area contributed by atoms with Crippen LogP contribution in [0.2, 0.25) is 5.02 Å². The van der Waals surface area contributed by atoms with Crippen LogP contribution in [0.25, 0.3) is 0 Å². The highest BCUT2D eigenvalue weighted by molar-refractivity contribution is 6.32. The van der Waals surface area contributed by atoms with E-state index >= 15 is 0 Å². The number of nitrogens with zero attached hydrogens (tertiary/aromatic N) is 1. The summed E-state index contributed by atoms with van der Waals surface area (Å²) in [6, 6.07) is 11.0. The van der Waals surface area contributed by atoms with Crippen molar-refractivity contribution in [2.24, 2.45) is 0 Å². The summed E-state index contributed by atoms with van der Waals surface area (Å²) in [5, 5.41) is 3.09. The van der Waals surface area contributed by atoms with Gasteiger partial charge in [-0.05, 0) is 68.9 Å². The first-order valence-electron chi connectivity index (χ1n) is 13.5. The van der Waals surface area contributed by atoms with E-state index in [4.69, 9.17) is 21.1 Å². The van der Waals surface area contributed by atoms with Gasteiger partial charge in [-0.2, -0.15) is 0 Å². The van der Waals surface area contributed by atoms with Gasteiger partial charge in [-0.1, -0.05) is 29.8 Å². The minimum Gasteiger partial charge on any atom is -0.493 e. The molecule has 3 aliphatic rings. The van der Waals surface area contributed by atoms with Crippen LogP contribution in [-0.4, -0.2) is 42.6 Å². The number of hydrogen-bond acceptors (Lipinski definition) is 6. The van der Waals surface area contributed by atoms with Crippen molar-refractivity contribution in [2.45, 2.75) is 58.3 Å². The predicted octanol–water partition coefficient (Wildman–Crippen LogP) is 6.11. The van der Waals surface area contributed by atoms with Crippen molar-refractivity contribution in [1.82, 2.24) is 4.90 Å². The molecule has 8 heteroatoms. The highest BCUT2D eigenvalue weighted by atomic mass is 35.5. The van der Waals surface area contributed by atoms with Crippen molar-refractivity contribution < 1.29 is 23.9 Å². The molecule has 204 valence electrons. The number of anilines is 1. The van der Waals surface area contributed by atoms with E-state index < -0.39 is 5.92 Å². The molecule has 1 amide bonds. The van der Waals surface area contributed by atoms with E-state index in [9.17, 15) is 14.4 Å². The van der Waals surface area contributed by atoms with Crippen LogP contribution in [0.1, 0.15) is 62.5 Å². The third-order valence-corrected chi connectivity index (χ3v) is 8.04. The Morgan fingerprint density at radius 1 is 1.03 bits per heavy atom. The first kappa shape index (κ1) is 27.0. The summed E-state index contributed by atoms with van der Waals surface area (Å²) in [5.41, 5.74) is 5.81. The Kier molecular flexibility index (Phi) is 7.80. The summed E-state index contributed by atoms with van der Waals surface area (Å²) in [6.45, 7) is 4.43. The van der Waals surface area contributed by atoms with E-state index in [0.29, 0.717) is 42.0 Å². The van der Waals surface area contributed by atoms with E-state index in [1.807, 2.05) is 31.2 Å². The molecule has 0 aromatic heterocycles. The molecule has 2 aliphatic carbocycles. The summed E-state index contributed by atoms with van der Waals surface area (Å²) >= 11 is 6.73. The lowest BCUT2D eigenvalue weighted by atomic mass is 9.71. The molecule has 7 nitrogen and oxygen atoms in total. The summed E-state index contributed by atoms with van der Waals surface area (Å²) in [7, 11) is 1.50. The fourth-order valence-electron chi connectivity index (χ4n) is 6.02. The third kappa shape index (κ3) is 5.08. The largest absolute Gasteiger partial charge is 0.493 e. The molecule has 0 spiro atoms. The average molecular weight is 549 g/mol. The second kappa shape index (κ2) is 11.3. The van der Waals surface area contributed by atoms with Crippen LogP contribution < -0.4 is 14.8 Å². The molecule has 0 saturated heterocycles. The molecule has 1 aliphatic heterocycles. The van der Waals surface area contributed by atoms with Crippen LogP contribution in [-0.2, 0) is 14.4 Å². The number of carbonyl (C=O) groups excluding carboxylic acids is 3. The van der Waals surface area contributed by atoms with Gasteiger partial charge in [0.15, 0.2) is 29.7 Å². The van der Waals surface area contributed by atoms with Gasteiger partial charge in [0.2, 0.25) is 0 Å². The molecule has 2 aromatic carbocycles. The van der Waals surface area contributed by atoms with E-state index in [2.05, 4.69) is 17.1 Å². The van der Waals surface area contributed by atoms with Crippen molar-refractivity contribution in [3.8, 4) is 11.5 Å². The quantitative estimate of drug-likeness (QED) is 0.449. The van der Waals surface area contributed by atoms with Crippen molar-refractivity contribution in [3.63, 3.8) is 0 Å². The number of allylic oxidation sites excluding steroid dienone is 4. The number of amides is 1. The highest BCUT2D eigenvalue weighted by Crippen LogP contribution is 2.51. The van der Waals surface area contributed by atoms with Crippen molar-refractivity contribution >= 4 is 34.8 Å². The lowest BCUT2D eigenvalue weighted by molar-refractivity contribution is -0.118. The van der Waals surface area contributed by atoms with Gasteiger partial charge in [0.05, 0.1) is 12.1 Å². The van der Waals surface area contributed by atoms with Crippen LogP contribution >= 0.6 is 11.6 Å². The standard InChI is InChI=1S/C31H33ClN2O5/c1-4-34-22-11-7-13-24(35)29(22)28(30-23(34)12-8-14-25(30)36)19-15-20(32)31(26(16-19)38-3)39-17-27(37)33-21-10-6-5-9-18(21)2/h5-6,9-10,15-16,28H,4,7-8,11-14,17H2,1-3H3,(H,33,37). The topological polar surface area (TPSA) is 84.9 Å². The number of nitrogens with one attached hydrogen (secondary N) is 1. The Labute approximate surface area is 233 Å². The molecule has 1 heterocycles.